The molecule has 2 rings (SSSR count). The van der Waals surface area contributed by atoms with Crippen LogP contribution in [-0.4, -0.2) is 56.0 Å². The van der Waals surface area contributed by atoms with Gasteiger partial charge in [0, 0.05) is 7.11 Å². The molecular weight excluding hydrogens is 461 g/mol. The van der Waals surface area contributed by atoms with Gasteiger partial charge in [-0.2, -0.15) is 0 Å². The summed E-state index contributed by atoms with van der Waals surface area (Å²) in [4.78, 5) is 36.8. The molecule has 0 aliphatic carbocycles. The number of carbonyl (C=O) groups is 3. The first-order valence-corrected chi connectivity index (χ1v) is 9.09. The van der Waals surface area contributed by atoms with Gasteiger partial charge in [-0.05, 0) is 58.1 Å². The summed E-state index contributed by atoms with van der Waals surface area (Å²) in [5.41, 5.74) is 0.757. The summed E-state index contributed by atoms with van der Waals surface area (Å²) in [7, 11) is 2.81. The Morgan fingerprint density at radius 3 is 2.72 bits per heavy atom. The lowest BCUT2D eigenvalue weighted by Crippen LogP contribution is -2.31. The van der Waals surface area contributed by atoms with Gasteiger partial charge >= 0.3 is 5.97 Å². The second-order valence-corrected chi connectivity index (χ2v) is 7.04. The first-order chi connectivity index (χ1) is 12.0. The molecule has 1 aromatic carbocycles. The molecule has 9 heteroatoms. The molecule has 1 fully saturated rings. The molecule has 1 aliphatic heterocycles. The van der Waals surface area contributed by atoms with Crippen LogP contribution in [0.5, 0.6) is 5.75 Å². The van der Waals surface area contributed by atoms with Gasteiger partial charge < -0.3 is 14.2 Å². The Morgan fingerprint density at radius 2 is 2.08 bits per heavy atom. The quantitative estimate of drug-likeness (QED) is 0.339. The van der Waals surface area contributed by atoms with Crippen LogP contribution in [0, 0.1) is 3.57 Å². The molecule has 0 bridgehead atoms. The van der Waals surface area contributed by atoms with Crippen molar-refractivity contribution in [3.05, 3.63) is 32.2 Å². The Kier molecular flexibility index (Phi) is 7.26. The molecule has 1 saturated heterocycles. The van der Waals surface area contributed by atoms with Crippen LogP contribution in [0.15, 0.2) is 23.1 Å². The highest BCUT2D eigenvalue weighted by atomic mass is 127. The van der Waals surface area contributed by atoms with Crippen LogP contribution in [0.4, 0.5) is 4.79 Å². The third-order valence-electron chi connectivity index (χ3n) is 3.22. The fraction of sp³-hybridized carbons (Fsp3) is 0.312. The van der Waals surface area contributed by atoms with E-state index >= 15 is 0 Å². The monoisotopic (exact) mass is 477 g/mol. The number of thioether (sulfide) groups is 1. The van der Waals surface area contributed by atoms with Gasteiger partial charge in [-0.1, -0.05) is 6.07 Å². The number of ether oxygens (including phenoxy) is 3. The number of halogens is 1. The van der Waals surface area contributed by atoms with E-state index in [1.807, 2.05) is 0 Å². The van der Waals surface area contributed by atoms with Crippen molar-refractivity contribution in [2.24, 2.45) is 0 Å². The largest absolute Gasteiger partial charge is 0.481 e. The second kappa shape index (κ2) is 9.20. The smallest absolute Gasteiger partial charge is 0.343 e. The van der Waals surface area contributed by atoms with Crippen LogP contribution in [0.2, 0.25) is 0 Å². The topological polar surface area (TPSA) is 82.1 Å². The Bertz CT molecular complexity index is 721. The number of rotatable bonds is 7. The maximum absolute atomic E-state index is 12.3. The molecule has 0 aromatic heterocycles. The molecular formula is C16H16INO6S. The summed E-state index contributed by atoms with van der Waals surface area (Å²) in [6.07, 6.45) is 1.66. The molecule has 7 nitrogen and oxygen atoms in total. The van der Waals surface area contributed by atoms with E-state index in [0.29, 0.717) is 17.3 Å². The van der Waals surface area contributed by atoms with E-state index in [1.165, 1.54) is 19.1 Å². The van der Waals surface area contributed by atoms with E-state index in [-0.39, 0.29) is 24.3 Å². The number of esters is 1. The predicted octanol–water partition coefficient (Wildman–Crippen LogP) is 2.53. The zero-order chi connectivity index (χ0) is 18.4. The van der Waals surface area contributed by atoms with Crippen LogP contribution < -0.4 is 4.74 Å². The Morgan fingerprint density at radius 1 is 1.32 bits per heavy atom. The average Bonchev–Trinajstić information content (AvgIpc) is 2.85. The number of nitrogens with zero attached hydrogens (tertiary/aromatic N) is 1. The molecule has 0 saturated carbocycles. The fourth-order valence-electron chi connectivity index (χ4n) is 1.95. The fourth-order valence-corrected chi connectivity index (χ4v) is 3.51. The summed E-state index contributed by atoms with van der Waals surface area (Å²) in [6.45, 7) is 0.357. The van der Waals surface area contributed by atoms with Crippen LogP contribution in [0.3, 0.4) is 0 Å². The molecule has 25 heavy (non-hydrogen) atoms. The van der Waals surface area contributed by atoms with Crippen LogP contribution in [-0.2, 0) is 19.1 Å². The maximum atomic E-state index is 12.3. The Hall–Kier alpha value is -1.59. The summed E-state index contributed by atoms with van der Waals surface area (Å²) < 4.78 is 15.6. The number of amides is 2. The van der Waals surface area contributed by atoms with Gasteiger partial charge in [0.05, 0.1) is 28.7 Å². The van der Waals surface area contributed by atoms with Crippen LogP contribution >= 0.6 is 34.4 Å². The van der Waals surface area contributed by atoms with Gasteiger partial charge in [0.25, 0.3) is 11.1 Å². The molecule has 1 aromatic rings. The number of carbonyl (C=O) groups excluding carboxylic acids is 3. The molecule has 0 unspecified atom stereocenters. The van der Waals surface area contributed by atoms with Gasteiger partial charge in [0.1, 0.15) is 5.75 Å². The summed E-state index contributed by atoms with van der Waals surface area (Å²) in [5, 5.41) is -0.305. The zero-order valence-electron chi connectivity index (χ0n) is 13.6. The molecule has 1 aliphatic rings. The van der Waals surface area contributed by atoms with E-state index in [1.54, 1.807) is 24.3 Å². The lowest BCUT2D eigenvalue weighted by Gasteiger charge is -2.10. The SMILES string of the molecule is COCCN1C(=O)S/C(=C/c2ccc(OCC(=O)OC)c(I)c2)C1=O. The van der Waals surface area contributed by atoms with Crippen molar-refractivity contribution in [3.8, 4) is 5.75 Å². The summed E-state index contributed by atoms with van der Waals surface area (Å²) in [5.74, 6) is -0.256. The molecule has 2 amide bonds. The minimum Gasteiger partial charge on any atom is -0.481 e. The lowest BCUT2D eigenvalue weighted by molar-refractivity contribution is -0.142. The van der Waals surface area contributed by atoms with Gasteiger partial charge in [-0.25, -0.2) is 4.79 Å². The van der Waals surface area contributed by atoms with Crippen molar-refractivity contribution in [3.63, 3.8) is 0 Å². The second-order valence-electron chi connectivity index (χ2n) is 4.88. The number of methoxy groups -OCH3 is 2. The minimum atomic E-state index is -0.468. The third kappa shape index (κ3) is 5.19. The van der Waals surface area contributed by atoms with Gasteiger partial charge in [-0.15, -0.1) is 0 Å². The standard InChI is InChI=1S/C16H16INO6S/c1-22-6-5-18-15(20)13(25-16(18)21)8-10-3-4-12(11(17)7-10)24-9-14(19)23-2/h3-4,7-8H,5-6,9H2,1-2H3/b13-8+. The maximum Gasteiger partial charge on any atom is 0.343 e. The third-order valence-corrected chi connectivity index (χ3v) is 4.97. The lowest BCUT2D eigenvalue weighted by atomic mass is 10.2. The number of hydrogen-bond acceptors (Lipinski definition) is 7. The highest BCUT2D eigenvalue weighted by Gasteiger charge is 2.34. The van der Waals surface area contributed by atoms with Crippen molar-refractivity contribution in [1.29, 1.82) is 0 Å². The van der Waals surface area contributed by atoms with Crippen LogP contribution in [0.1, 0.15) is 5.56 Å². The van der Waals surface area contributed by atoms with E-state index in [2.05, 4.69) is 27.3 Å². The van der Waals surface area contributed by atoms with Gasteiger partial charge in [-0.3, -0.25) is 14.5 Å². The van der Waals surface area contributed by atoms with Crippen molar-refractivity contribution in [2.75, 3.05) is 34.0 Å². The van der Waals surface area contributed by atoms with Crippen molar-refractivity contribution in [1.82, 2.24) is 4.90 Å². The summed E-state index contributed by atoms with van der Waals surface area (Å²) >= 11 is 2.97. The first kappa shape index (κ1) is 19.7. The van der Waals surface area contributed by atoms with Gasteiger partial charge in [0.2, 0.25) is 0 Å². The highest BCUT2D eigenvalue weighted by molar-refractivity contribution is 14.1. The number of benzene rings is 1. The molecule has 0 radical (unpaired) electrons. The van der Waals surface area contributed by atoms with E-state index in [4.69, 9.17) is 9.47 Å². The summed E-state index contributed by atoms with van der Waals surface area (Å²) in [6, 6.07) is 5.25. The predicted molar refractivity (Wildman–Crippen MR) is 101 cm³/mol. The molecule has 0 atom stereocenters. The van der Waals surface area contributed by atoms with E-state index in [9.17, 15) is 14.4 Å². The molecule has 0 spiro atoms. The number of hydrogen-bond donors (Lipinski definition) is 0. The number of imide groups is 1. The Balaban J connectivity index is 2.10. The Labute approximate surface area is 162 Å². The van der Waals surface area contributed by atoms with Crippen LogP contribution in [0.25, 0.3) is 6.08 Å². The normalized spacial score (nSPS) is 15.8. The van der Waals surface area contributed by atoms with E-state index in [0.717, 1.165) is 20.9 Å². The van der Waals surface area contributed by atoms with Crippen molar-refractivity contribution < 1.29 is 28.6 Å². The molecule has 134 valence electrons. The zero-order valence-corrected chi connectivity index (χ0v) is 16.6. The minimum absolute atomic E-state index is 0.176. The van der Waals surface area contributed by atoms with E-state index < -0.39 is 5.97 Å². The molecule has 1 heterocycles. The van der Waals surface area contributed by atoms with Crippen molar-refractivity contribution >= 4 is 57.5 Å². The van der Waals surface area contributed by atoms with Crippen molar-refractivity contribution in [2.45, 2.75) is 0 Å². The highest BCUT2D eigenvalue weighted by Crippen LogP contribution is 2.33. The molecule has 0 N–H and O–H groups in total. The van der Waals surface area contributed by atoms with Gasteiger partial charge in [0.15, 0.2) is 6.61 Å². The average molecular weight is 477 g/mol. The first-order valence-electron chi connectivity index (χ1n) is 7.19.